The number of fused-ring (bicyclic) bond motifs is 2. The maximum Gasteiger partial charge on any atom is 0.391 e. The molecule has 0 N–H and O–H groups in total. The lowest BCUT2D eigenvalue weighted by Gasteiger charge is -2.51. The van der Waals surface area contributed by atoms with Crippen molar-refractivity contribution < 1.29 is 18.0 Å². The molecule has 29 heavy (non-hydrogen) atoms. The van der Waals surface area contributed by atoms with E-state index >= 15 is 0 Å². The van der Waals surface area contributed by atoms with E-state index in [0.717, 1.165) is 38.9 Å². The molecule has 2 fully saturated rings. The van der Waals surface area contributed by atoms with Crippen molar-refractivity contribution in [1.82, 2.24) is 14.7 Å². The van der Waals surface area contributed by atoms with Crippen LogP contribution in [0.5, 0.6) is 0 Å². The number of rotatable bonds is 2. The number of hydrogen-bond donors (Lipinski definition) is 0. The fraction of sp³-hybridized carbons (Fsp3) is 0.682. The molecule has 0 atom stereocenters. The topological polar surface area (TPSA) is 26.8 Å². The van der Waals surface area contributed by atoms with Crippen molar-refractivity contribution in [2.45, 2.75) is 43.8 Å². The van der Waals surface area contributed by atoms with Gasteiger partial charge in [-0.05, 0) is 50.3 Å². The van der Waals surface area contributed by atoms with E-state index in [1.165, 1.54) is 11.1 Å². The van der Waals surface area contributed by atoms with E-state index in [4.69, 9.17) is 0 Å². The molecule has 0 bridgehead atoms. The zero-order chi connectivity index (χ0) is 20.6. The second kappa shape index (κ2) is 7.91. The van der Waals surface area contributed by atoms with Crippen LogP contribution in [-0.2, 0) is 16.8 Å². The van der Waals surface area contributed by atoms with Gasteiger partial charge in [-0.2, -0.15) is 13.2 Å². The fourth-order valence-corrected chi connectivity index (χ4v) is 5.38. The summed E-state index contributed by atoms with van der Waals surface area (Å²) in [5.41, 5.74) is 2.90. The Bertz CT molecular complexity index is 735. The molecular formula is C22H30F3N3O. The molecule has 4 rings (SSSR count). The summed E-state index contributed by atoms with van der Waals surface area (Å²) in [5, 5.41) is 0. The summed E-state index contributed by atoms with van der Waals surface area (Å²) in [6, 6.07) is 8.69. The Morgan fingerprint density at radius 2 is 1.72 bits per heavy atom. The largest absolute Gasteiger partial charge is 0.391 e. The van der Waals surface area contributed by atoms with Crippen LogP contribution in [0.4, 0.5) is 13.2 Å². The Labute approximate surface area is 170 Å². The van der Waals surface area contributed by atoms with Gasteiger partial charge in [-0.3, -0.25) is 14.6 Å². The van der Waals surface area contributed by atoms with E-state index in [0.29, 0.717) is 6.54 Å². The van der Waals surface area contributed by atoms with E-state index in [1.807, 2.05) is 0 Å². The third-order valence-corrected chi connectivity index (χ3v) is 7.32. The van der Waals surface area contributed by atoms with Gasteiger partial charge in [-0.1, -0.05) is 24.3 Å². The van der Waals surface area contributed by atoms with Crippen LogP contribution >= 0.6 is 0 Å². The van der Waals surface area contributed by atoms with E-state index in [9.17, 15) is 18.0 Å². The first kappa shape index (κ1) is 20.7. The van der Waals surface area contributed by atoms with Crippen LogP contribution in [0, 0.1) is 5.92 Å². The normalized spacial score (nSPS) is 23.9. The van der Waals surface area contributed by atoms with Crippen molar-refractivity contribution in [1.29, 1.82) is 0 Å². The number of likely N-dealkylation sites (tertiary alicyclic amines) is 2. The number of alkyl halides is 3. The number of piperidine rings is 2. The minimum atomic E-state index is -4.14. The van der Waals surface area contributed by atoms with Gasteiger partial charge in [0.25, 0.3) is 0 Å². The number of carbonyl (C=O) groups excluding carboxylic acids is 1. The van der Waals surface area contributed by atoms with Crippen molar-refractivity contribution in [3.8, 4) is 0 Å². The van der Waals surface area contributed by atoms with Crippen molar-refractivity contribution in [2.24, 2.45) is 5.92 Å². The lowest BCUT2D eigenvalue weighted by Crippen LogP contribution is -2.56. The van der Waals surface area contributed by atoms with Crippen molar-refractivity contribution >= 4 is 5.91 Å². The fourth-order valence-electron chi connectivity index (χ4n) is 5.38. The molecule has 0 aromatic heterocycles. The van der Waals surface area contributed by atoms with Gasteiger partial charge in [-0.25, -0.2) is 0 Å². The third kappa shape index (κ3) is 4.04. The lowest BCUT2D eigenvalue weighted by atomic mass is 9.74. The maximum absolute atomic E-state index is 12.8. The van der Waals surface area contributed by atoms with Crippen LogP contribution in [0.3, 0.4) is 0 Å². The van der Waals surface area contributed by atoms with E-state index in [1.54, 1.807) is 4.90 Å². The van der Waals surface area contributed by atoms with Gasteiger partial charge < -0.3 is 4.90 Å². The minimum absolute atomic E-state index is 0.0277. The first-order chi connectivity index (χ1) is 13.8. The highest BCUT2D eigenvalue weighted by Crippen LogP contribution is 2.42. The van der Waals surface area contributed by atoms with E-state index in [2.05, 4.69) is 41.1 Å². The minimum Gasteiger partial charge on any atom is -0.342 e. The SMILES string of the molecule is CN1CCc2ccccc2C12CCN(CC(=O)N1CCC(C(F)(F)F)CC1)CC2. The molecule has 3 aliphatic rings. The highest BCUT2D eigenvalue weighted by Gasteiger charge is 2.44. The Kier molecular flexibility index (Phi) is 5.64. The summed E-state index contributed by atoms with van der Waals surface area (Å²) in [6.07, 6.45) is -1.06. The Hall–Kier alpha value is -1.60. The summed E-state index contributed by atoms with van der Waals surface area (Å²) in [4.78, 5) is 18.9. The molecule has 2 saturated heterocycles. The molecule has 1 spiro atoms. The summed E-state index contributed by atoms with van der Waals surface area (Å²) in [5.74, 6) is -1.29. The van der Waals surface area contributed by atoms with Gasteiger partial charge >= 0.3 is 6.18 Å². The van der Waals surface area contributed by atoms with Crippen LogP contribution in [0.25, 0.3) is 0 Å². The second-order valence-corrected chi connectivity index (χ2v) is 8.83. The summed E-state index contributed by atoms with van der Waals surface area (Å²) in [6.45, 7) is 3.48. The van der Waals surface area contributed by atoms with Gasteiger partial charge in [0.15, 0.2) is 0 Å². The van der Waals surface area contributed by atoms with Crippen molar-refractivity contribution in [3.63, 3.8) is 0 Å². The number of amides is 1. The van der Waals surface area contributed by atoms with Crippen LogP contribution in [0.15, 0.2) is 24.3 Å². The first-order valence-corrected chi connectivity index (χ1v) is 10.7. The molecule has 3 aliphatic heterocycles. The molecule has 1 aromatic rings. The van der Waals surface area contributed by atoms with Gasteiger partial charge in [0, 0.05) is 38.3 Å². The number of halogens is 3. The third-order valence-electron chi connectivity index (χ3n) is 7.32. The molecule has 1 amide bonds. The molecule has 0 unspecified atom stereocenters. The number of nitrogens with zero attached hydrogens (tertiary/aromatic N) is 3. The summed E-state index contributed by atoms with van der Waals surface area (Å²) in [7, 11) is 2.20. The molecule has 0 saturated carbocycles. The highest BCUT2D eigenvalue weighted by atomic mass is 19.4. The zero-order valence-electron chi connectivity index (χ0n) is 17.0. The molecule has 0 aliphatic carbocycles. The molecule has 160 valence electrons. The molecule has 1 aromatic carbocycles. The van der Waals surface area contributed by atoms with Crippen LogP contribution < -0.4 is 0 Å². The maximum atomic E-state index is 12.8. The molecule has 0 radical (unpaired) electrons. The smallest absolute Gasteiger partial charge is 0.342 e. The number of benzene rings is 1. The Morgan fingerprint density at radius 1 is 1.07 bits per heavy atom. The Balaban J connectivity index is 1.33. The molecule has 3 heterocycles. The standard InChI is InChI=1S/C22H30F3N3O/c1-26-11-6-17-4-2-3-5-19(17)21(26)9-14-27(15-10-21)16-20(29)28-12-7-18(8-13-28)22(23,24)25/h2-5,18H,6-16H2,1H3. The van der Waals surface area contributed by atoms with Crippen LogP contribution in [0.1, 0.15) is 36.8 Å². The average Bonchev–Trinajstić information content (AvgIpc) is 2.72. The zero-order valence-corrected chi connectivity index (χ0v) is 17.0. The Morgan fingerprint density at radius 3 is 2.38 bits per heavy atom. The quantitative estimate of drug-likeness (QED) is 0.750. The molecule has 7 heteroatoms. The van der Waals surface area contributed by atoms with Crippen LogP contribution in [0.2, 0.25) is 0 Å². The monoisotopic (exact) mass is 409 g/mol. The van der Waals surface area contributed by atoms with Crippen molar-refractivity contribution in [2.75, 3.05) is 46.3 Å². The van der Waals surface area contributed by atoms with Gasteiger partial charge in [0.05, 0.1) is 12.5 Å². The van der Waals surface area contributed by atoms with Crippen LogP contribution in [-0.4, -0.2) is 73.1 Å². The number of carbonyl (C=O) groups is 1. The lowest BCUT2D eigenvalue weighted by molar-refractivity contribution is -0.186. The van der Waals surface area contributed by atoms with Crippen molar-refractivity contribution in [3.05, 3.63) is 35.4 Å². The molecule has 4 nitrogen and oxygen atoms in total. The van der Waals surface area contributed by atoms with Gasteiger partial charge in [-0.15, -0.1) is 0 Å². The number of likely N-dealkylation sites (N-methyl/N-ethyl adjacent to an activating group) is 1. The predicted octanol–water partition coefficient (Wildman–Crippen LogP) is 3.27. The number of hydrogen-bond acceptors (Lipinski definition) is 3. The van der Waals surface area contributed by atoms with E-state index < -0.39 is 12.1 Å². The summed E-state index contributed by atoms with van der Waals surface area (Å²) >= 11 is 0. The predicted molar refractivity (Wildman–Crippen MR) is 105 cm³/mol. The van der Waals surface area contributed by atoms with Gasteiger partial charge in [0.1, 0.15) is 0 Å². The van der Waals surface area contributed by atoms with E-state index in [-0.39, 0.29) is 37.4 Å². The summed E-state index contributed by atoms with van der Waals surface area (Å²) < 4.78 is 38.5. The average molecular weight is 409 g/mol. The molecular weight excluding hydrogens is 379 g/mol. The first-order valence-electron chi connectivity index (χ1n) is 10.7. The second-order valence-electron chi connectivity index (χ2n) is 8.83. The highest BCUT2D eigenvalue weighted by molar-refractivity contribution is 5.78. The van der Waals surface area contributed by atoms with Gasteiger partial charge in [0.2, 0.25) is 5.91 Å².